The first-order valence-corrected chi connectivity index (χ1v) is 10.4. The molecule has 0 aliphatic carbocycles. The number of allylic oxidation sites excluding steroid dienone is 1. The summed E-state index contributed by atoms with van der Waals surface area (Å²) in [4.78, 5) is 15.3. The molecular formula is C26H31NO2. The van der Waals surface area contributed by atoms with E-state index in [-0.39, 0.29) is 5.78 Å². The molecule has 1 aliphatic rings. The number of aliphatic hydroxyl groups is 1. The molecule has 2 aromatic carbocycles. The van der Waals surface area contributed by atoms with Crippen molar-refractivity contribution in [2.75, 3.05) is 19.6 Å². The number of likely N-dealkylation sites (tertiary alicyclic amines) is 1. The van der Waals surface area contributed by atoms with Crippen molar-refractivity contribution in [1.82, 2.24) is 4.90 Å². The van der Waals surface area contributed by atoms with Gasteiger partial charge in [-0.3, -0.25) is 4.79 Å². The molecule has 0 unspecified atom stereocenters. The van der Waals surface area contributed by atoms with Gasteiger partial charge in [-0.15, -0.1) is 0 Å². The lowest BCUT2D eigenvalue weighted by Gasteiger charge is -2.41. The minimum absolute atomic E-state index is 0.0268. The van der Waals surface area contributed by atoms with Crippen molar-refractivity contribution >= 4 is 17.9 Å². The van der Waals surface area contributed by atoms with E-state index in [4.69, 9.17) is 0 Å². The summed E-state index contributed by atoms with van der Waals surface area (Å²) in [5, 5.41) is 11.4. The number of piperidine rings is 1. The summed E-state index contributed by atoms with van der Waals surface area (Å²) >= 11 is 0. The van der Waals surface area contributed by atoms with E-state index in [1.807, 2.05) is 74.5 Å². The molecule has 3 rings (SSSR count). The quantitative estimate of drug-likeness (QED) is 0.730. The molecule has 152 valence electrons. The van der Waals surface area contributed by atoms with E-state index >= 15 is 0 Å². The Balaban J connectivity index is 1.83. The third kappa shape index (κ3) is 5.53. The fraction of sp³-hybridized carbons (Fsp3) is 0.346. The zero-order valence-electron chi connectivity index (χ0n) is 17.6. The van der Waals surface area contributed by atoms with Crippen LogP contribution < -0.4 is 0 Å². The largest absolute Gasteiger partial charge is 0.385 e. The second kappa shape index (κ2) is 9.34. The zero-order chi connectivity index (χ0) is 20.9. The molecule has 3 nitrogen and oxygen atoms in total. The second-order valence-corrected chi connectivity index (χ2v) is 8.08. The van der Waals surface area contributed by atoms with Gasteiger partial charge >= 0.3 is 0 Å². The SMILES string of the molecule is CCN1CC[C@](O)(/C=C\c2cccc(C)c2)[C@H](C(=O)/C=C/c2cccc(C)c2)C1. The average molecular weight is 390 g/mol. The van der Waals surface area contributed by atoms with Crippen LogP contribution in [0, 0.1) is 19.8 Å². The van der Waals surface area contributed by atoms with E-state index in [1.165, 1.54) is 5.56 Å². The Hall–Kier alpha value is -2.49. The van der Waals surface area contributed by atoms with E-state index in [1.54, 1.807) is 6.08 Å². The number of benzene rings is 2. The predicted octanol–water partition coefficient (Wildman–Crippen LogP) is 4.67. The first kappa shape index (κ1) is 21.2. The predicted molar refractivity (Wildman–Crippen MR) is 121 cm³/mol. The molecule has 0 bridgehead atoms. The van der Waals surface area contributed by atoms with Crippen LogP contribution in [0.25, 0.3) is 12.2 Å². The number of ketones is 1. The van der Waals surface area contributed by atoms with Crippen LogP contribution in [0.4, 0.5) is 0 Å². The van der Waals surface area contributed by atoms with Gasteiger partial charge in [0.1, 0.15) is 0 Å². The minimum atomic E-state index is -1.14. The van der Waals surface area contributed by atoms with Gasteiger partial charge < -0.3 is 10.0 Å². The fourth-order valence-electron chi connectivity index (χ4n) is 3.92. The highest BCUT2D eigenvalue weighted by Gasteiger charge is 2.42. The van der Waals surface area contributed by atoms with Crippen LogP contribution >= 0.6 is 0 Å². The molecule has 1 N–H and O–H groups in total. The molecule has 1 aliphatic heterocycles. The van der Waals surface area contributed by atoms with Crippen LogP contribution in [0.1, 0.15) is 35.6 Å². The van der Waals surface area contributed by atoms with Gasteiger partial charge in [-0.2, -0.15) is 0 Å². The highest BCUT2D eigenvalue weighted by Crippen LogP contribution is 2.31. The molecule has 2 aromatic rings. The van der Waals surface area contributed by atoms with Crippen molar-refractivity contribution < 1.29 is 9.90 Å². The summed E-state index contributed by atoms with van der Waals surface area (Å²) in [5.74, 6) is -0.501. The van der Waals surface area contributed by atoms with Crippen molar-refractivity contribution in [2.45, 2.75) is 32.8 Å². The smallest absolute Gasteiger partial charge is 0.163 e. The van der Waals surface area contributed by atoms with Gasteiger partial charge in [-0.05, 0) is 44.0 Å². The van der Waals surface area contributed by atoms with Gasteiger partial charge in [0.05, 0.1) is 11.5 Å². The van der Waals surface area contributed by atoms with Crippen molar-refractivity contribution in [1.29, 1.82) is 0 Å². The van der Waals surface area contributed by atoms with Gasteiger partial charge in [0, 0.05) is 13.1 Å². The molecule has 0 aromatic heterocycles. The van der Waals surface area contributed by atoms with Crippen LogP contribution in [0.15, 0.2) is 60.7 Å². The van der Waals surface area contributed by atoms with Crippen LogP contribution in [0.3, 0.4) is 0 Å². The van der Waals surface area contributed by atoms with E-state index in [0.717, 1.165) is 29.8 Å². The summed E-state index contributed by atoms with van der Waals surface area (Å²) in [6.45, 7) is 8.42. The lowest BCUT2D eigenvalue weighted by atomic mass is 9.77. The second-order valence-electron chi connectivity index (χ2n) is 8.08. The number of carbonyl (C=O) groups is 1. The van der Waals surface area contributed by atoms with Crippen LogP contribution in [-0.4, -0.2) is 41.0 Å². The van der Waals surface area contributed by atoms with Gasteiger partial charge in [-0.25, -0.2) is 0 Å². The standard InChI is InChI=1S/C26H31NO2/c1-4-27-16-15-26(29,14-13-23-10-6-8-21(3)18-23)24(19-27)25(28)12-11-22-9-5-7-20(2)17-22/h5-14,17-18,24,29H,4,15-16,19H2,1-3H3/b12-11+,14-13-/t24-,26+/m0/s1. The number of hydrogen-bond donors (Lipinski definition) is 1. The Bertz CT molecular complexity index is 914. The summed E-state index contributed by atoms with van der Waals surface area (Å²) in [6.07, 6.45) is 7.81. The fourth-order valence-corrected chi connectivity index (χ4v) is 3.92. The maximum Gasteiger partial charge on any atom is 0.163 e. The molecule has 0 amide bonds. The number of hydrogen-bond acceptors (Lipinski definition) is 3. The van der Waals surface area contributed by atoms with Crippen molar-refractivity contribution in [3.05, 3.63) is 82.9 Å². The van der Waals surface area contributed by atoms with Gasteiger partial charge in [-0.1, -0.05) is 84.8 Å². The highest BCUT2D eigenvalue weighted by atomic mass is 16.3. The van der Waals surface area contributed by atoms with Crippen molar-refractivity contribution in [3.8, 4) is 0 Å². The molecule has 1 fully saturated rings. The molecule has 2 atom stereocenters. The molecule has 1 heterocycles. The van der Waals surface area contributed by atoms with E-state index in [2.05, 4.69) is 17.9 Å². The molecule has 0 radical (unpaired) electrons. The summed E-state index contributed by atoms with van der Waals surface area (Å²) in [6, 6.07) is 16.2. The summed E-state index contributed by atoms with van der Waals surface area (Å²) in [5.41, 5.74) is 3.24. The number of nitrogens with zero attached hydrogens (tertiary/aromatic N) is 1. The van der Waals surface area contributed by atoms with Gasteiger partial charge in [0.15, 0.2) is 5.78 Å². The normalized spacial score (nSPS) is 23.1. The lowest BCUT2D eigenvalue weighted by molar-refractivity contribution is -0.129. The topological polar surface area (TPSA) is 40.5 Å². The molecule has 1 saturated heterocycles. The first-order chi connectivity index (χ1) is 13.9. The summed E-state index contributed by atoms with van der Waals surface area (Å²) < 4.78 is 0. The zero-order valence-corrected chi connectivity index (χ0v) is 17.6. The van der Waals surface area contributed by atoms with Crippen LogP contribution in [0.2, 0.25) is 0 Å². The Kier molecular flexibility index (Phi) is 6.83. The highest BCUT2D eigenvalue weighted by molar-refractivity contribution is 5.96. The maximum atomic E-state index is 13.1. The number of rotatable bonds is 6. The average Bonchev–Trinajstić information content (AvgIpc) is 2.71. The molecule has 29 heavy (non-hydrogen) atoms. The van der Waals surface area contributed by atoms with E-state index in [0.29, 0.717) is 13.0 Å². The van der Waals surface area contributed by atoms with Crippen molar-refractivity contribution in [2.24, 2.45) is 5.92 Å². The Morgan fingerprint density at radius 2 is 1.72 bits per heavy atom. The van der Waals surface area contributed by atoms with Crippen molar-refractivity contribution in [3.63, 3.8) is 0 Å². The van der Waals surface area contributed by atoms with Crippen LogP contribution in [-0.2, 0) is 4.79 Å². The molecule has 0 spiro atoms. The number of carbonyl (C=O) groups excluding carboxylic acids is 1. The Labute approximate surface area is 174 Å². The lowest BCUT2D eigenvalue weighted by Crippen LogP contribution is -2.53. The Morgan fingerprint density at radius 1 is 1.10 bits per heavy atom. The van der Waals surface area contributed by atoms with E-state index in [9.17, 15) is 9.90 Å². The van der Waals surface area contributed by atoms with E-state index < -0.39 is 11.5 Å². The first-order valence-electron chi connectivity index (χ1n) is 10.4. The maximum absolute atomic E-state index is 13.1. The molecule has 0 saturated carbocycles. The van der Waals surface area contributed by atoms with Gasteiger partial charge in [0.2, 0.25) is 0 Å². The monoisotopic (exact) mass is 389 g/mol. The molecular weight excluding hydrogens is 358 g/mol. The molecule has 3 heteroatoms. The third-order valence-corrected chi connectivity index (χ3v) is 5.75. The third-order valence-electron chi connectivity index (χ3n) is 5.75. The van der Waals surface area contributed by atoms with Crippen LogP contribution in [0.5, 0.6) is 0 Å². The van der Waals surface area contributed by atoms with Gasteiger partial charge in [0.25, 0.3) is 0 Å². The number of aryl methyl sites for hydroxylation is 2. The Morgan fingerprint density at radius 3 is 2.31 bits per heavy atom. The summed E-state index contributed by atoms with van der Waals surface area (Å²) in [7, 11) is 0. The minimum Gasteiger partial charge on any atom is -0.385 e.